The number of benzene rings is 1. The van der Waals surface area contributed by atoms with Crippen LogP contribution in [0.1, 0.15) is 11.4 Å². The molecule has 3 heterocycles. The molecule has 3 amide bonds. The monoisotopic (exact) mass is 369 g/mol. The van der Waals surface area contributed by atoms with Gasteiger partial charge in [-0.05, 0) is 5.56 Å². The summed E-state index contributed by atoms with van der Waals surface area (Å²) in [6, 6.07) is 9.50. The lowest BCUT2D eigenvalue weighted by molar-refractivity contribution is -0.154. The number of hydrogen-bond donors (Lipinski definition) is 1. The molecule has 1 N–H and O–H groups in total. The second kappa shape index (κ2) is 7.40. The predicted octanol–water partition coefficient (Wildman–Crippen LogP) is 0.742. The number of aromatic nitrogens is 2. The summed E-state index contributed by atoms with van der Waals surface area (Å²) < 4.78 is 7.60. The summed E-state index contributed by atoms with van der Waals surface area (Å²) >= 11 is 0. The molecule has 2 fully saturated rings. The molecule has 0 bridgehead atoms. The lowest BCUT2D eigenvalue weighted by atomic mass is 10.1. The number of urea groups is 1. The smallest absolute Gasteiger partial charge is 0.317 e. The Hall–Kier alpha value is -2.87. The van der Waals surface area contributed by atoms with E-state index in [-0.39, 0.29) is 30.7 Å². The van der Waals surface area contributed by atoms with Crippen molar-refractivity contribution in [2.45, 2.75) is 25.2 Å². The van der Waals surface area contributed by atoms with Crippen LogP contribution >= 0.6 is 0 Å². The van der Waals surface area contributed by atoms with Gasteiger partial charge in [-0.25, -0.2) is 9.78 Å². The molecule has 0 radical (unpaired) electrons. The van der Waals surface area contributed by atoms with E-state index >= 15 is 0 Å². The minimum Gasteiger partial charge on any atom is -0.364 e. The van der Waals surface area contributed by atoms with E-state index in [1.54, 1.807) is 16.0 Å². The number of hydrogen-bond acceptors (Lipinski definition) is 4. The van der Waals surface area contributed by atoms with E-state index in [0.29, 0.717) is 26.2 Å². The molecule has 8 heteroatoms. The molecule has 142 valence electrons. The van der Waals surface area contributed by atoms with E-state index in [0.717, 1.165) is 11.4 Å². The number of nitrogens with zero attached hydrogens (tertiary/aromatic N) is 4. The van der Waals surface area contributed by atoms with Gasteiger partial charge in [-0.2, -0.15) is 0 Å². The third kappa shape index (κ3) is 3.66. The second-order valence-corrected chi connectivity index (χ2v) is 6.94. The Morgan fingerprint density at radius 1 is 1.30 bits per heavy atom. The molecular weight excluding hydrogens is 346 g/mol. The maximum Gasteiger partial charge on any atom is 0.317 e. The van der Waals surface area contributed by atoms with E-state index in [1.807, 2.05) is 48.1 Å². The number of morpholine rings is 1. The summed E-state index contributed by atoms with van der Waals surface area (Å²) in [6.45, 7) is 1.89. The van der Waals surface area contributed by atoms with Crippen molar-refractivity contribution in [1.29, 1.82) is 0 Å². The zero-order chi connectivity index (χ0) is 18.8. The molecule has 1 aromatic heterocycles. The number of ether oxygens (including phenoxy) is 1. The average molecular weight is 369 g/mol. The van der Waals surface area contributed by atoms with E-state index in [9.17, 15) is 9.59 Å². The fourth-order valence-corrected chi connectivity index (χ4v) is 3.62. The first-order valence-electron chi connectivity index (χ1n) is 9.06. The second-order valence-electron chi connectivity index (χ2n) is 6.94. The van der Waals surface area contributed by atoms with Crippen molar-refractivity contribution in [3.63, 3.8) is 0 Å². The number of aryl methyl sites for hydroxylation is 1. The van der Waals surface area contributed by atoms with Crippen molar-refractivity contribution in [1.82, 2.24) is 24.7 Å². The Morgan fingerprint density at radius 3 is 2.85 bits per heavy atom. The highest BCUT2D eigenvalue weighted by atomic mass is 16.5. The maximum atomic E-state index is 12.6. The molecule has 0 aliphatic carbocycles. The molecule has 2 aliphatic heterocycles. The van der Waals surface area contributed by atoms with Crippen molar-refractivity contribution in [3.05, 3.63) is 54.1 Å². The molecule has 8 nitrogen and oxygen atoms in total. The van der Waals surface area contributed by atoms with Crippen molar-refractivity contribution in [3.8, 4) is 0 Å². The molecule has 2 atom stereocenters. The summed E-state index contributed by atoms with van der Waals surface area (Å²) in [6.07, 6.45) is 3.41. The molecule has 0 saturated carbocycles. The number of rotatable bonds is 4. The minimum absolute atomic E-state index is 0.0467. The third-order valence-electron chi connectivity index (χ3n) is 5.19. The zero-order valence-corrected chi connectivity index (χ0v) is 15.2. The first kappa shape index (κ1) is 17.5. The third-order valence-corrected chi connectivity index (χ3v) is 5.19. The fraction of sp³-hybridized carbons (Fsp3) is 0.421. The van der Waals surface area contributed by atoms with Crippen LogP contribution < -0.4 is 5.32 Å². The van der Waals surface area contributed by atoms with Crippen molar-refractivity contribution in [2.75, 3.05) is 19.7 Å². The van der Waals surface area contributed by atoms with E-state index < -0.39 is 0 Å². The van der Waals surface area contributed by atoms with Crippen LogP contribution in [0, 0.1) is 0 Å². The van der Waals surface area contributed by atoms with Gasteiger partial charge in [0, 0.05) is 32.5 Å². The standard InChI is InChI=1S/C19H23N5O3/c1-22-8-7-20-17(22)12-24-15-10-23(11-16(15)27-13-18(24)25)19(26)21-9-14-5-3-2-4-6-14/h2-8,15-16H,9-13H2,1H3,(H,21,26). The topological polar surface area (TPSA) is 79.7 Å². The zero-order valence-electron chi connectivity index (χ0n) is 15.2. The van der Waals surface area contributed by atoms with Gasteiger partial charge in [0.1, 0.15) is 12.4 Å². The van der Waals surface area contributed by atoms with Crippen LogP contribution in [0.3, 0.4) is 0 Å². The minimum atomic E-state index is -0.162. The van der Waals surface area contributed by atoms with Crippen molar-refractivity contribution >= 4 is 11.9 Å². The molecule has 27 heavy (non-hydrogen) atoms. The summed E-state index contributed by atoms with van der Waals surface area (Å²) in [4.78, 5) is 32.8. The van der Waals surface area contributed by atoms with Crippen LogP contribution in [0.2, 0.25) is 0 Å². The molecule has 4 rings (SSSR count). The molecule has 2 unspecified atom stereocenters. The van der Waals surface area contributed by atoms with Gasteiger partial charge in [-0.3, -0.25) is 4.79 Å². The molecule has 0 spiro atoms. The Kier molecular flexibility index (Phi) is 4.81. The lowest BCUT2D eigenvalue weighted by Gasteiger charge is -2.36. The molecule has 1 aromatic carbocycles. The van der Waals surface area contributed by atoms with Crippen molar-refractivity contribution < 1.29 is 14.3 Å². The van der Waals surface area contributed by atoms with E-state index in [1.165, 1.54) is 0 Å². The Bertz CT molecular complexity index is 822. The number of carbonyl (C=O) groups excluding carboxylic acids is 2. The first-order valence-corrected chi connectivity index (χ1v) is 9.06. The predicted molar refractivity (Wildman–Crippen MR) is 97.5 cm³/mol. The van der Waals surface area contributed by atoms with Gasteiger partial charge in [-0.1, -0.05) is 30.3 Å². The summed E-state index contributed by atoms with van der Waals surface area (Å²) in [5.74, 6) is 0.752. The van der Waals surface area contributed by atoms with E-state index in [2.05, 4.69) is 10.3 Å². The van der Waals surface area contributed by atoms with Gasteiger partial charge in [0.05, 0.1) is 25.2 Å². The highest BCUT2D eigenvalue weighted by molar-refractivity contribution is 5.79. The maximum absolute atomic E-state index is 12.6. The van der Waals surface area contributed by atoms with Gasteiger partial charge in [0.25, 0.3) is 0 Å². The fourth-order valence-electron chi connectivity index (χ4n) is 3.62. The largest absolute Gasteiger partial charge is 0.364 e. The van der Waals surface area contributed by atoms with Crippen LogP contribution in [0.25, 0.3) is 0 Å². The van der Waals surface area contributed by atoms with Crippen LogP contribution in [0.5, 0.6) is 0 Å². The van der Waals surface area contributed by atoms with Gasteiger partial charge in [0.2, 0.25) is 5.91 Å². The highest BCUT2D eigenvalue weighted by Gasteiger charge is 2.44. The molecular formula is C19H23N5O3. The highest BCUT2D eigenvalue weighted by Crippen LogP contribution is 2.25. The van der Waals surface area contributed by atoms with Gasteiger partial charge >= 0.3 is 6.03 Å². The average Bonchev–Trinajstić information content (AvgIpc) is 3.29. The lowest BCUT2D eigenvalue weighted by Crippen LogP contribution is -2.53. The Balaban J connectivity index is 1.40. The Labute approximate surface area is 157 Å². The van der Waals surface area contributed by atoms with Crippen LogP contribution in [-0.2, 0) is 29.7 Å². The number of carbonyl (C=O) groups is 2. The molecule has 2 saturated heterocycles. The summed E-state index contributed by atoms with van der Waals surface area (Å²) in [7, 11) is 1.91. The van der Waals surface area contributed by atoms with Crippen molar-refractivity contribution in [2.24, 2.45) is 7.05 Å². The normalized spacial score (nSPS) is 22.0. The number of amides is 3. The Morgan fingerprint density at radius 2 is 2.11 bits per heavy atom. The molecule has 2 aromatic rings. The van der Waals surface area contributed by atoms with Crippen LogP contribution in [-0.4, -0.2) is 63.1 Å². The molecule has 2 aliphatic rings. The number of likely N-dealkylation sites (tertiary alicyclic amines) is 1. The van der Waals surface area contributed by atoms with Gasteiger partial charge < -0.3 is 24.4 Å². The number of fused-ring (bicyclic) bond motifs is 1. The number of nitrogens with one attached hydrogen (secondary N) is 1. The van der Waals surface area contributed by atoms with Gasteiger partial charge in [-0.15, -0.1) is 0 Å². The van der Waals surface area contributed by atoms with E-state index in [4.69, 9.17) is 4.74 Å². The summed E-state index contributed by atoms with van der Waals surface area (Å²) in [5, 5.41) is 2.94. The number of imidazole rings is 1. The van der Waals surface area contributed by atoms with Crippen LogP contribution in [0.4, 0.5) is 4.79 Å². The first-order chi connectivity index (χ1) is 13.1. The van der Waals surface area contributed by atoms with Gasteiger partial charge in [0.15, 0.2) is 0 Å². The van der Waals surface area contributed by atoms with Crippen LogP contribution in [0.15, 0.2) is 42.7 Å². The summed E-state index contributed by atoms with van der Waals surface area (Å²) in [5.41, 5.74) is 1.05. The quantitative estimate of drug-likeness (QED) is 0.862. The SMILES string of the molecule is Cn1ccnc1CN1C(=O)COC2CN(C(=O)NCc3ccccc3)CC21.